The zero-order chi connectivity index (χ0) is 14.7. The molecule has 0 fully saturated rings. The summed E-state index contributed by atoms with van der Waals surface area (Å²) >= 11 is 5.93. The maximum Gasteiger partial charge on any atom is 0.0551 e. The van der Waals surface area contributed by atoms with Gasteiger partial charge in [0.25, 0.3) is 0 Å². The average molecular weight is 330 g/mol. The zero-order valence-corrected chi connectivity index (χ0v) is 13.5. The summed E-state index contributed by atoms with van der Waals surface area (Å²) in [6.07, 6.45) is 0. The third-order valence-corrected chi connectivity index (χ3v) is 3.83. The molecule has 0 saturated carbocycles. The molecule has 0 amide bonds. The monoisotopic (exact) mass is 329 g/mol. The Hall–Kier alpha value is -1.80. The fourth-order valence-electron chi connectivity index (χ4n) is 2.40. The summed E-state index contributed by atoms with van der Waals surface area (Å²) in [5.74, 6) is 0. The third-order valence-electron chi connectivity index (χ3n) is 3.58. The van der Waals surface area contributed by atoms with Crippen molar-refractivity contribution in [3.8, 4) is 11.1 Å². The van der Waals surface area contributed by atoms with Gasteiger partial charge in [0.05, 0.1) is 6.04 Å². The molecule has 0 aliphatic rings. The van der Waals surface area contributed by atoms with Crippen molar-refractivity contribution >= 4 is 24.0 Å². The van der Waals surface area contributed by atoms with Crippen molar-refractivity contribution in [1.29, 1.82) is 0 Å². The Balaban J connectivity index is 0.00000176. The second kappa shape index (κ2) is 7.46. The van der Waals surface area contributed by atoms with Crippen LogP contribution in [0.1, 0.15) is 17.2 Å². The Morgan fingerprint density at radius 1 is 0.682 bits per heavy atom. The van der Waals surface area contributed by atoms with Crippen LogP contribution in [0.3, 0.4) is 0 Å². The van der Waals surface area contributed by atoms with E-state index in [1.807, 2.05) is 48.5 Å². The normalized spacial score (nSPS) is 11.5. The smallest absolute Gasteiger partial charge is 0.0551 e. The van der Waals surface area contributed by atoms with E-state index >= 15 is 0 Å². The van der Waals surface area contributed by atoms with Gasteiger partial charge in [-0.15, -0.1) is 12.4 Å². The van der Waals surface area contributed by atoms with Crippen molar-refractivity contribution in [3.63, 3.8) is 0 Å². The Morgan fingerprint density at radius 2 is 1.32 bits per heavy atom. The lowest BCUT2D eigenvalue weighted by Crippen LogP contribution is -2.11. The van der Waals surface area contributed by atoms with Crippen LogP contribution in [0.25, 0.3) is 11.1 Å². The van der Waals surface area contributed by atoms with Crippen LogP contribution in [0.2, 0.25) is 5.02 Å². The van der Waals surface area contributed by atoms with E-state index in [2.05, 4.69) is 30.3 Å². The minimum atomic E-state index is -0.147. The lowest BCUT2D eigenvalue weighted by Gasteiger charge is -2.14. The summed E-state index contributed by atoms with van der Waals surface area (Å²) in [7, 11) is 0. The molecule has 112 valence electrons. The van der Waals surface area contributed by atoms with Crippen molar-refractivity contribution in [2.75, 3.05) is 0 Å². The predicted molar refractivity (Wildman–Crippen MR) is 96.6 cm³/mol. The third kappa shape index (κ3) is 3.69. The Kier molecular flexibility index (Phi) is 5.62. The van der Waals surface area contributed by atoms with Crippen molar-refractivity contribution in [2.24, 2.45) is 5.73 Å². The van der Waals surface area contributed by atoms with Crippen LogP contribution in [0.4, 0.5) is 0 Å². The second-order valence-corrected chi connectivity index (χ2v) is 5.46. The molecule has 1 unspecified atom stereocenters. The maximum absolute atomic E-state index is 6.37. The zero-order valence-electron chi connectivity index (χ0n) is 11.9. The van der Waals surface area contributed by atoms with Crippen LogP contribution in [0.15, 0.2) is 78.9 Å². The van der Waals surface area contributed by atoms with E-state index in [1.54, 1.807) is 0 Å². The van der Waals surface area contributed by atoms with Crippen LogP contribution in [-0.4, -0.2) is 0 Å². The molecule has 0 aliphatic heterocycles. The van der Waals surface area contributed by atoms with Gasteiger partial charge in [-0.2, -0.15) is 0 Å². The summed E-state index contributed by atoms with van der Waals surface area (Å²) in [6.45, 7) is 0. The quantitative estimate of drug-likeness (QED) is 0.676. The summed E-state index contributed by atoms with van der Waals surface area (Å²) in [5.41, 5.74) is 10.9. The maximum atomic E-state index is 6.37. The highest BCUT2D eigenvalue weighted by Crippen LogP contribution is 2.26. The standard InChI is InChI=1S/C19H16ClN.ClH/c20-18-11-9-15(10-12-18)19(21)17-8-4-7-16(13-17)14-5-2-1-3-6-14;/h1-13,19H,21H2;1H. The molecule has 0 aliphatic carbocycles. The predicted octanol–water partition coefficient (Wildman–Crippen LogP) is 5.48. The molecule has 3 aromatic rings. The minimum absolute atomic E-state index is 0. The van der Waals surface area contributed by atoms with Crippen LogP contribution in [0.5, 0.6) is 0 Å². The van der Waals surface area contributed by atoms with Gasteiger partial charge in [-0.3, -0.25) is 0 Å². The molecule has 3 rings (SSSR count). The Bertz CT molecular complexity index is 724. The number of hydrogen-bond acceptors (Lipinski definition) is 1. The van der Waals surface area contributed by atoms with Gasteiger partial charge in [0, 0.05) is 5.02 Å². The van der Waals surface area contributed by atoms with Crippen molar-refractivity contribution in [3.05, 3.63) is 95.0 Å². The number of rotatable bonds is 3. The van der Waals surface area contributed by atoms with Crippen molar-refractivity contribution in [1.82, 2.24) is 0 Å². The first kappa shape index (κ1) is 16.6. The number of nitrogens with two attached hydrogens (primary N) is 1. The molecule has 0 spiro atoms. The van der Waals surface area contributed by atoms with E-state index < -0.39 is 0 Å². The first-order valence-corrected chi connectivity index (χ1v) is 7.28. The fraction of sp³-hybridized carbons (Fsp3) is 0.0526. The Labute approximate surface area is 142 Å². The van der Waals surface area contributed by atoms with Gasteiger partial charge in [0.1, 0.15) is 0 Å². The molecular weight excluding hydrogens is 313 g/mol. The molecule has 3 heteroatoms. The van der Waals surface area contributed by atoms with Gasteiger partial charge >= 0.3 is 0 Å². The lowest BCUT2D eigenvalue weighted by atomic mass is 9.96. The van der Waals surface area contributed by atoms with E-state index in [1.165, 1.54) is 11.1 Å². The van der Waals surface area contributed by atoms with Gasteiger partial charge < -0.3 is 5.73 Å². The molecule has 1 atom stereocenters. The van der Waals surface area contributed by atoms with E-state index in [0.29, 0.717) is 0 Å². The molecule has 1 nitrogen and oxygen atoms in total. The summed E-state index contributed by atoms with van der Waals surface area (Å²) in [6, 6.07) is 26.2. The molecule has 0 bridgehead atoms. The molecule has 0 saturated heterocycles. The molecular formula is C19H17Cl2N. The second-order valence-electron chi connectivity index (χ2n) is 5.02. The molecule has 3 aromatic carbocycles. The molecule has 0 radical (unpaired) electrons. The fourth-order valence-corrected chi connectivity index (χ4v) is 2.53. The average Bonchev–Trinajstić information content (AvgIpc) is 2.56. The minimum Gasteiger partial charge on any atom is -0.320 e. The number of hydrogen-bond donors (Lipinski definition) is 1. The van der Waals surface area contributed by atoms with Gasteiger partial charge in [-0.1, -0.05) is 72.3 Å². The SMILES string of the molecule is Cl.NC(c1ccc(Cl)cc1)c1cccc(-c2ccccc2)c1. The van der Waals surface area contributed by atoms with E-state index in [-0.39, 0.29) is 18.4 Å². The molecule has 0 aromatic heterocycles. The van der Waals surface area contributed by atoms with Crippen LogP contribution in [0, 0.1) is 0 Å². The summed E-state index contributed by atoms with van der Waals surface area (Å²) in [5, 5.41) is 0.726. The highest BCUT2D eigenvalue weighted by atomic mass is 35.5. The van der Waals surface area contributed by atoms with Gasteiger partial charge in [-0.25, -0.2) is 0 Å². The van der Waals surface area contributed by atoms with Crippen molar-refractivity contribution < 1.29 is 0 Å². The first-order chi connectivity index (χ1) is 10.2. The van der Waals surface area contributed by atoms with Crippen LogP contribution >= 0.6 is 24.0 Å². The van der Waals surface area contributed by atoms with Gasteiger partial charge in [-0.05, 0) is 40.5 Å². The van der Waals surface area contributed by atoms with Crippen LogP contribution in [-0.2, 0) is 0 Å². The molecule has 0 heterocycles. The first-order valence-electron chi connectivity index (χ1n) is 6.90. The number of benzene rings is 3. The van der Waals surface area contributed by atoms with Crippen molar-refractivity contribution in [2.45, 2.75) is 6.04 Å². The van der Waals surface area contributed by atoms with E-state index in [4.69, 9.17) is 17.3 Å². The largest absolute Gasteiger partial charge is 0.320 e. The van der Waals surface area contributed by atoms with E-state index in [0.717, 1.165) is 16.1 Å². The topological polar surface area (TPSA) is 26.0 Å². The number of halogens is 2. The molecule has 22 heavy (non-hydrogen) atoms. The van der Waals surface area contributed by atoms with E-state index in [9.17, 15) is 0 Å². The summed E-state index contributed by atoms with van der Waals surface area (Å²) < 4.78 is 0. The highest BCUT2D eigenvalue weighted by molar-refractivity contribution is 6.30. The Morgan fingerprint density at radius 3 is 2.00 bits per heavy atom. The highest BCUT2D eigenvalue weighted by Gasteiger charge is 2.09. The molecule has 2 N–H and O–H groups in total. The van der Waals surface area contributed by atoms with Crippen LogP contribution < -0.4 is 5.73 Å². The van der Waals surface area contributed by atoms with Gasteiger partial charge in [0.2, 0.25) is 0 Å². The van der Waals surface area contributed by atoms with Gasteiger partial charge in [0.15, 0.2) is 0 Å². The lowest BCUT2D eigenvalue weighted by molar-refractivity contribution is 0.872. The summed E-state index contributed by atoms with van der Waals surface area (Å²) in [4.78, 5) is 0.